The first kappa shape index (κ1) is 30.2. The lowest BCUT2D eigenvalue weighted by Crippen LogP contribution is -2.43. The highest BCUT2D eigenvalue weighted by Crippen LogP contribution is 2.42. The molecule has 0 saturated carbocycles. The maximum atomic E-state index is 5.87. The summed E-state index contributed by atoms with van der Waals surface area (Å²) in [5.41, 5.74) is 13.1. The standard InChI is InChI=1S/C28H50O3Si2/c1-20(2)32(21(3)4,22(5)6)16-14-26-18-30-28(29-13)31-19-27(26)15-17-33(23(7)8,24(9)10)25(11)12/h20-25,28H,18-19H2,1-13H3. The van der Waals surface area contributed by atoms with Gasteiger partial charge in [0.1, 0.15) is 16.1 Å². The maximum absolute atomic E-state index is 5.87. The van der Waals surface area contributed by atoms with Crippen molar-refractivity contribution in [2.45, 2.75) is 123 Å². The third-order valence-electron chi connectivity index (χ3n) is 7.88. The monoisotopic (exact) mass is 490 g/mol. The topological polar surface area (TPSA) is 27.7 Å². The minimum Gasteiger partial charge on any atom is -0.333 e. The van der Waals surface area contributed by atoms with Crippen LogP contribution in [0, 0.1) is 22.9 Å². The van der Waals surface area contributed by atoms with Gasteiger partial charge in [0.05, 0.1) is 13.2 Å². The van der Waals surface area contributed by atoms with Crippen LogP contribution in [0.1, 0.15) is 83.1 Å². The van der Waals surface area contributed by atoms with E-state index in [4.69, 9.17) is 14.2 Å². The zero-order valence-electron chi connectivity index (χ0n) is 23.7. The van der Waals surface area contributed by atoms with Gasteiger partial charge in [-0.1, -0.05) is 94.9 Å². The van der Waals surface area contributed by atoms with Crippen molar-refractivity contribution >= 4 is 16.1 Å². The summed E-state index contributed by atoms with van der Waals surface area (Å²) in [7, 11) is -2.11. The van der Waals surface area contributed by atoms with Gasteiger partial charge in [-0.25, -0.2) is 0 Å². The Labute approximate surface area is 207 Å². The third-order valence-corrected chi connectivity index (χ3v) is 20.5. The van der Waals surface area contributed by atoms with E-state index in [0.29, 0.717) is 46.5 Å². The molecule has 1 aliphatic rings. The zero-order chi connectivity index (χ0) is 25.6. The fourth-order valence-electron chi connectivity index (χ4n) is 6.12. The van der Waals surface area contributed by atoms with Gasteiger partial charge in [0.25, 0.3) is 6.48 Å². The second-order valence-electron chi connectivity index (χ2n) is 11.4. The van der Waals surface area contributed by atoms with Crippen LogP contribution in [0.4, 0.5) is 0 Å². The van der Waals surface area contributed by atoms with Crippen molar-refractivity contribution in [1.29, 1.82) is 0 Å². The average molecular weight is 491 g/mol. The molecule has 0 fully saturated rings. The molecule has 0 amide bonds. The Morgan fingerprint density at radius 1 is 0.606 bits per heavy atom. The molecule has 0 spiro atoms. The molecule has 0 unspecified atom stereocenters. The van der Waals surface area contributed by atoms with Crippen molar-refractivity contribution in [2.24, 2.45) is 0 Å². The van der Waals surface area contributed by atoms with E-state index in [1.807, 2.05) is 0 Å². The van der Waals surface area contributed by atoms with Gasteiger partial charge in [0, 0.05) is 18.3 Å². The van der Waals surface area contributed by atoms with Gasteiger partial charge in [-0.3, -0.25) is 0 Å². The zero-order valence-corrected chi connectivity index (χ0v) is 25.7. The molecule has 0 aromatic rings. The van der Waals surface area contributed by atoms with Crippen LogP contribution in [0.2, 0.25) is 33.2 Å². The van der Waals surface area contributed by atoms with E-state index < -0.39 is 22.6 Å². The van der Waals surface area contributed by atoms with E-state index in [9.17, 15) is 0 Å². The number of hydrogen-bond donors (Lipinski definition) is 0. The predicted octanol–water partition coefficient (Wildman–Crippen LogP) is 7.70. The van der Waals surface area contributed by atoms with Gasteiger partial charge < -0.3 is 14.2 Å². The first-order chi connectivity index (χ1) is 15.3. The Hall–Kier alpha value is -0.826. The highest BCUT2D eigenvalue weighted by atomic mass is 28.3. The number of hydrogen-bond acceptors (Lipinski definition) is 3. The normalized spacial score (nSPS) is 16.6. The lowest BCUT2D eigenvalue weighted by Gasteiger charge is -2.38. The van der Waals surface area contributed by atoms with Crippen LogP contribution in [0.5, 0.6) is 0 Å². The Balaban J connectivity index is 3.70. The summed E-state index contributed by atoms with van der Waals surface area (Å²) in [5, 5.41) is 0. The van der Waals surface area contributed by atoms with E-state index >= 15 is 0 Å². The summed E-state index contributed by atoms with van der Waals surface area (Å²) < 4.78 is 17.1. The molecule has 0 bridgehead atoms. The molecule has 188 valence electrons. The van der Waals surface area contributed by atoms with Gasteiger partial charge in [-0.05, 0) is 33.2 Å². The highest BCUT2D eigenvalue weighted by Gasteiger charge is 2.43. The van der Waals surface area contributed by atoms with Crippen LogP contribution >= 0.6 is 0 Å². The first-order valence-corrected chi connectivity index (χ1v) is 17.3. The van der Waals surface area contributed by atoms with E-state index in [2.05, 4.69) is 106 Å². The fraction of sp³-hybridized carbons (Fsp3) is 0.786. The van der Waals surface area contributed by atoms with E-state index in [1.54, 1.807) is 7.11 Å². The molecule has 0 aromatic carbocycles. The molecule has 33 heavy (non-hydrogen) atoms. The molecule has 3 nitrogen and oxygen atoms in total. The minimum absolute atomic E-state index is 0.383. The number of methoxy groups -OCH3 is 1. The summed E-state index contributed by atoms with van der Waals surface area (Å²) in [6.07, 6.45) is 0. The summed E-state index contributed by atoms with van der Waals surface area (Å²) in [6.45, 7) is 28.2. The predicted molar refractivity (Wildman–Crippen MR) is 147 cm³/mol. The number of rotatable bonds is 7. The summed E-state index contributed by atoms with van der Waals surface area (Å²) >= 11 is 0. The van der Waals surface area contributed by atoms with Crippen LogP contribution in [-0.2, 0) is 14.2 Å². The molecule has 1 rings (SSSR count). The lowest BCUT2D eigenvalue weighted by atomic mass is 10.1. The fourth-order valence-corrected chi connectivity index (χ4v) is 16.6. The summed E-state index contributed by atoms with van der Waals surface area (Å²) in [5.74, 6) is 7.22. The Kier molecular flexibility index (Phi) is 11.7. The Morgan fingerprint density at radius 3 is 1.09 bits per heavy atom. The van der Waals surface area contributed by atoms with Gasteiger partial charge >= 0.3 is 0 Å². The van der Waals surface area contributed by atoms with Crippen LogP contribution in [0.3, 0.4) is 0 Å². The molecule has 1 heterocycles. The molecule has 1 aliphatic heterocycles. The molecular weight excluding hydrogens is 440 g/mol. The second-order valence-corrected chi connectivity index (χ2v) is 22.6. The van der Waals surface area contributed by atoms with Crippen molar-refractivity contribution in [3.05, 3.63) is 11.1 Å². The first-order valence-electron chi connectivity index (χ1n) is 12.8. The molecule has 0 aliphatic carbocycles. The van der Waals surface area contributed by atoms with Crippen LogP contribution in [0.25, 0.3) is 0 Å². The molecule has 0 aromatic heterocycles. The second kappa shape index (κ2) is 12.8. The Bertz CT molecular complexity index is 678. The molecule has 0 atom stereocenters. The highest BCUT2D eigenvalue weighted by molar-refractivity contribution is 6.91. The average Bonchev–Trinajstić information content (AvgIpc) is 2.89. The van der Waals surface area contributed by atoms with Gasteiger partial charge in [0.15, 0.2) is 0 Å². The SMILES string of the molecule is COC1OCC(C#C[Si](C(C)C)(C(C)C)C(C)C)=C(C#C[Si](C(C)C)(C(C)C)C(C)C)CO1. The smallest absolute Gasteiger partial charge is 0.272 e. The van der Waals surface area contributed by atoms with E-state index in [-0.39, 0.29) is 0 Å². The van der Waals surface area contributed by atoms with Crippen molar-refractivity contribution in [3.8, 4) is 22.9 Å². The lowest BCUT2D eigenvalue weighted by molar-refractivity contribution is -0.265. The van der Waals surface area contributed by atoms with E-state index in [0.717, 1.165) is 11.1 Å². The molecule has 0 radical (unpaired) electrons. The van der Waals surface area contributed by atoms with Crippen LogP contribution in [0.15, 0.2) is 11.1 Å². The van der Waals surface area contributed by atoms with E-state index in [1.165, 1.54) is 0 Å². The van der Waals surface area contributed by atoms with Gasteiger partial charge in [-0.2, -0.15) is 0 Å². The largest absolute Gasteiger partial charge is 0.333 e. The summed E-state index contributed by atoms with van der Waals surface area (Å²) in [6, 6.07) is 0. The third kappa shape index (κ3) is 6.65. The van der Waals surface area contributed by atoms with Crippen LogP contribution in [-0.4, -0.2) is 42.9 Å². The molecule has 0 saturated heterocycles. The number of ether oxygens (including phenoxy) is 3. The summed E-state index contributed by atoms with van der Waals surface area (Å²) in [4.78, 5) is 0. The Morgan fingerprint density at radius 2 is 0.879 bits per heavy atom. The molecule has 0 N–H and O–H groups in total. The van der Waals surface area contributed by atoms with Crippen molar-refractivity contribution in [1.82, 2.24) is 0 Å². The van der Waals surface area contributed by atoms with Crippen molar-refractivity contribution < 1.29 is 14.2 Å². The van der Waals surface area contributed by atoms with Gasteiger partial charge in [0.2, 0.25) is 0 Å². The van der Waals surface area contributed by atoms with Gasteiger partial charge in [-0.15, -0.1) is 11.1 Å². The quantitative estimate of drug-likeness (QED) is 0.270. The van der Waals surface area contributed by atoms with Crippen molar-refractivity contribution in [2.75, 3.05) is 20.3 Å². The van der Waals surface area contributed by atoms with Crippen molar-refractivity contribution in [3.63, 3.8) is 0 Å². The molecular formula is C28H50O3Si2. The molecule has 5 heteroatoms. The maximum Gasteiger partial charge on any atom is 0.272 e. The van der Waals surface area contributed by atoms with Crippen LogP contribution < -0.4 is 0 Å². The minimum atomic E-state index is -1.86.